The van der Waals surface area contributed by atoms with Crippen LogP contribution in [-0.4, -0.2) is 19.0 Å². The van der Waals surface area contributed by atoms with Crippen molar-refractivity contribution in [1.82, 2.24) is 0 Å². The molecule has 0 aliphatic carbocycles. The van der Waals surface area contributed by atoms with Crippen molar-refractivity contribution in [2.45, 2.75) is 0 Å². The van der Waals surface area contributed by atoms with Crippen LogP contribution in [0.5, 0.6) is 0 Å². The van der Waals surface area contributed by atoms with E-state index in [2.05, 4.69) is 5.32 Å². The van der Waals surface area contributed by atoms with Gasteiger partial charge in [-0.15, -0.1) is 11.3 Å². The summed E-state index contributed by atoms with van der Waals surface area (Å²) in [6, 6.07) is 12.1. The van der Waals surface area contributed by atoms with Gasteiger partial charge in [-0.1, -0.05) is 53.0 Å². The van der Waals surface area contributed by atoms with Crippen molar-refractivity contribution in [3.63, 3.8) is 0 Å². The van der Waals surface area contributed by atoms with Gasteiger partial charge in [0.25, 0.3) is 0 Å². The third-order valence-corrected chi connectivity index (χ3v) is 5.83. The summed E-state index contributed by atoms with van der Waals surface area (Å²) in [5.41, 5.74) is 2.45. The molecule has 0 unspecified atom stereocenters. The van der Waals surface area contributed by atoms with E-state index in [4.69, 9.17) is 39.5 Å². The smallest absolute Gasteiger partial charge is 0.341 e. The van der Waals surface area contributed by atoms with E-state index in [1.807, 2.05) is 0 Å². The first kappa shape index (κ1) is 21.4. The topological polar surface area (TPSA) is 55.4 Å². The minimum atomic E-state index is -0.542. The molecular formula is C21H14Cl3NO3S. The SMILES string of the molecule is COC(=O)c1c(-c2ccc(Cl)cc2)csc1NC(=O)C=Cc1ccc(Cl)c(Cl)c1. The second-order valence-corrected chi connectivity index (χ2v) is 7.98. The molecule has 0 spiro atoms. The van der Waals surface area contributed by atoms with E-state index in [0.717, 1.165) is 11.1 Å². The zero-order chi connectivity index (χ0) is 21.0. The normalized spacial score (nSPS) is 10.9. The Labute approximate surface area is 186 Å². The summed E-state index contributed by atoms with van der Waals surface area (Å²) in [5.74, 6) is -0.939. The first-order chi connectivity index (χ1) is 13.9. The van der Waals surface area contributed by atoms with Crippen molar-refractivity contribution in [3.05, 3.63) is 80.1 Å². The van der Waals surface area contributed by atoms with Crippen molar-refractivity contribution in [2.75, 3.05) is 12.4 Å². The average molecular weight is 467 g/mol. The van der Waals surface area contributed by atoms with Crippen LogP contribution >= 0.6 is 46.1 Å². The number of methoxy groups -OCH3 is 1. The lowest BCUT2D eigenvalue weighted by Crippen LogP contribution is -2.11. The standard InChI is InChI=1S/C21H14Cl3NO3S/c1-28-21(27)19-15(13-4-6-14(22)7-5-13)11-29-20(19)25-18(26)9-3-12-2-8-16(23)17(24)10-12/h2-11H,1H3,(H,25,26). The quantitative estimate of drug-likeness (QED) is 0.332. The lowest BCUT2D eigenvalue weighted by Gasteiger charge is -2.07. The number of rotatable bonds is 5. The van der Waals surface area contributed by atoms with Gasteiger partial charge >= 0.3 is 5.97 Å². The Kier molecular flexibility index (Phi) is 6.98. The van der Waals surface area contributed by atoms with Crippen LogP contribution < -0.4 is 5.32 Å². The second kappa shape index (κ2) is 9.46. The monoisotopic (exact) mass is 465 g/mol. The lowest BCUT2D eigenvalue weighted by atomic mass is 10.0. The number of amides is 1. The van der Waals surface area contributed by atoms with Crippen molar-refractivity contribution in [3.8, 4) is 11.1 Å². The first-order valence-electron chi connectivity index (χ1n) is 8.29. The Morgan fingerprint density at radius 3 is 2.41 bits per heavy atom. The van der Waals surface area contributed by atoms with Crippen LogP contribution in [0, 0.1) is 0 Å². The Morgan fingerprint density at radius 2 is 1.76 bits per heavy atom. The molecule has 1 N–H and O–H groups in total. The lowest BCUT2D eigenvalue weighted by molar-refractivity contribution is -0.111. The predicted octanol–water partition coefficient (Wildman–Crippen LogP) is 6.81. The highest BCUT2D eigenvalue weighted by Gasteiger charge is 2.21. The number of hydrogen-bond donors (Lipinski definition) is 1. The number of benzene rings is 2. The molecule has 0 radical (unpaired) electrons. The number of carbonyl (C=O) groups is 2. The highest BCUT2D eigenvalue weighted by molar-refractivity contribution is 7.15. The van der Waals surface area contributed by atoms with Crippen LogP contribution in [0.4, 0.5) is 5.00 Å². The molecule has 3 rings (SSSR count). The van der Waals surface area contributed by atoms with Crippen LogP contribution in [0.2, 0.25) is 15.1 Å². The molecule has 1 aromatic heterocycles. The predicted molar refractivity (Wildman–Crippen MR) is 120 cm³/mol. The maximum absolute atomic E-state index is 12.4. The molecule has 3 aromatic rings. The molecule has 0 aliphatic heterocycles. The third-order valence-electron chi connectivity index (χ3n) is 3.94. The molecule has 148 valence electrons. The molecule has 2 aromatic carbocycles. The molecular weight excluding hydrogens is 453 g/mol. The van der Waals surface area contributed by atoms with Gasteiger partial charge in [-0.2, -0.15) is 0 Å². The summed E-state index contributed by atoms with van der Waals surface area (Å²) in [6.07, 6.45) is 2.95. The maximum atomic E-state index is 12.4. The summed E-state index contributed by atoms with van der Waals surface area (Å²) >= 11 is 19.0. The fourth-order valence-corrected chi connectivity index (χ4v) is 3.93. The van der Waals surface area contributed by atoms with Crippen molar-refractivity contribution < 1.29 is 14.3 Å². The number of ether oxygens (including phenoxy) is 1. The van der Waals surface area contributed by atoms with Gasteiger partial charge in [0.15, 0.2) is 0 Å². The van der Waals surface area contributed by atoms with Gasteiger partial charge in [0.2, 0.25) is 5.91 Å². The van der Waals surface area contributed by atoms with E-state index in [1.165, 1.54) is 24.5 Å². The van der Waals surface area contributed by atoms with Crippen LogP contribution in [0.15, 0.2) is 53.9 Å². The van der Waals surface area contributed by atoms with Crippen molar-refractivity contribution >= 4 is 69.1 Å². The van der Waals surface area contributed by atoms with Gasteiger partial charge in [0, 0.05) is 22.0 Å². The minimum absolute atomic E-state index is 0.288. The van der Waals surface area contributed by atoms with E-state index >= 15 is 0 Å². The number of halogens is 3. The number of anilines is 1. The molecule has 0 saturated heterocycles. The zero-order valence-corrected chi connectivity index (χ0v) is 18.1. The fourth-order valence-electron chi connectivity index (χ4n) is 2.54. The summed E-state index contributed by atoms with van der Waals surface area (Å²) < 4.78 is 4.90. The van der Waals surface area contributed by atoms with E-state index in [9.17, 15) is 9.59 Å². The molecule has 4 nitrogen and oxygen atoms in total. The number of esters is 1. The molecule has 8 heteroatoms. The average Bonchev–Trinajstić information content (AvgIpc) is 3.12. The van der Waals surface area contributed by atoms with E-state index in [0.29, 0.717) is 25.6 Å². The molecule has 0 bridgehead atoms. The highest BCUT2D eigenvalue weighted by Crippen LogP contribution is 2.36. The maximum Gasteiger partial charge on any atom is 0.341 e. The van der Waals surface area contributed by atoms with Gasteiger partial charge in [0.1, 0.15) is 10.6 Å². The molecule has 29 heavy (non-hydrogen) atoms. The Morgan fingerprint density at radius 1 is 1.03 bits per heavy atom. The van der Waals surface area contributed by atoms with Crippen LogP contribution in [0.3, 0.4) is 0 Å². The zero-order valence-electron chi connectivity index (χ0n) is 15.0. The van der Waals surface area contributed by atoms with Crippen LogP contribution in [0.25, 0.3) is 17.2 Å². The Balaban J connectivity index is 1.85. The van der Waals surface area contributed by atoms with E-state index in [-0.39, 0.29) is 5.56 Å². The summed E-state index contributed by atoms with van der Waals surface area (Å²) in [7, 11) is 1.29. The summed E-state index contributed by atoms with van der Waals surface area (Å²) in [4.78, 5) is 24.7. The van der Waals surface area contributed by atoms with Gasteiger partial charge in [0.05, 0.1) is 17.2 Å². The second-order valence-electron chi connectivity index (χ2n) is 5.85. The number of thiophene rings is 1. The number of carbonyl (C=O) groups excluding carboxylic acids is 2. The van der Waals surface area contributed by atoms with E-state index < -0.39 is 11.9 Å². The van der Waals surface area contributed by atoms with Crippen molar-refractivity contribution in [1.29, 1.82) is 0 Å². The summed E-state index contributed by atoms with van der Waals surface area (Å²) in [6.45, 7) is 0. The minimum Gasteiger partial charge on any atom is -0.465 e. The number of nitrogens with one attached hydrogen (secondary N) is 1. The van der Waals surface area contributed by atoms with Gasteiger partial charge in [-0.25, -0.2) is 4.79 Å². The highest BCUT2D eigenvalue weighted by atomic mass is 35.5. The largest absolute Gasteiger partial charge is 0.465 e. The molecule has 0 fully saturated rings. The first-order valence-corrected chi connectivity index (χ1v) is 10.3. The van der Waals surface area contributed by atoms with E-state index in [1.54, 1.807) is 53.9 Å². The fraction of sp³-hybridized carbons (Fsp3) is 0.0476. The van der Waals surface area contributed by atoms with Crippen LogP contribution in [0.1, 0.15) is 15.9 Å². The van der Waals surface area contributed by atoms with Crippen molar-refractivity contribution in [2.24, 2.45) is 0 Å². The van der Waals surface area contributed by atoms with Gasteiger partial charge < -0.3 is 10.1 Å². The molecule has 0 saturated carbocycles. The Hall–Kier alpha value is -2.31. The van der Waals surface area contributed by atoms with Gasteiger partial charge in [-0.3, -0.25) is 4.79 Å². The third kappa shape index (κ3) is 5.19. The Bertz CT molecular complexity index is 1090. The van der Waals surface area contributed by atoms with Crippen LogP contribution in [-0.2, 0) is 9.53 Å². The molecule has 1 amide bonds. The molecule has 0 aliphatic rings. The molecule has 0 atom stereocenters. The molecule has 1 heterocycles. The number of hydrogen-bond acceptors (Lipinski definition) is 4. The van der Waals surface area contributed by atoms with Gasteiger partial charge in [-0.05, 0) is 41.5 Å². The summed E-state index contributed by atoms with van der Waals surface area (Å²) in [5, 5.41) is 6.33.